The number of carbonyl (C=O) groups excluding carboxylic acids is 2. The van der Waals surface area contributed by atoms with Crippen LogP contribution in [-0.2, 0) is 4.79 Å². The number of thioether (sulfide) groups is 1. The molecule has 0 aliphatic carbocycles. The van der Waals surface area contributed by atoms with E-state index in [9.17, 15) is 9.59 Å². The van der Waals surface area contributed by atoms with Crippen LogP contribution in [0.1, 0.15) is 10.4 Å². The summed E-state index contributed by atoms with van der Waals surface area (Å²) in [6.45, 7) is 0.556. The molecule has 3 nitrogen and oxygen atoms in total. The zero-order valence-electron chi connectivity index (χ0n) is 8.70. The number of ketones is 1. The molecule has 1 aliphatic heterocycles. The Labute approximate surface area is 103 Å². The van der Waals surface area contributed by atoms with Crippen molar-refractivity contribution in [1.82, 2.24) is 0 Å². The molecule has 84 valence electrons. The van der Waals surface area contributed by atoms with Crippen LogP contribution in [0.2, 0.25) is 5.02 Å². The van der Waals surface area contributed by atoms with Gasteiger partial charge in [0, 0.05) is 17.3 Å². The predicted octanol–water partition coefficient (Wildman–Crippen LogP) is 2.23. The summed E-state index contributed by atoms with van der Waals surface area (Å²) >= 11 is 7.44. The first-order valence-corrected chi connectivity index (χ1v) is 6.57. The van der Waals surface area contributed by atoms with Crippen LogP contribution in [0.3, 0.4) is 0 Å². The smallest absolute Gasteiger partial charge is 0.299 e. The zero-order chi connectivity index (χ0) is 11.7. The Morgan fingerprint density at radius 1 is 1.38 bits per heavy atom. The maximum Gasteiger partial charge on any atom is 0.299 e. The molecular formula is C11H10ClNO2S. The van der Waals surface area contributed by atoms with Crippen molar-refractivity contribution >= 4 is 40.7 Å². The van der Waals surface area contributed by atoms with Gasteiger partial charge in [0.2, 0.25) is 0 Å². The van der Waals surface area contributed by atoms with Gasteiger partial charge in [-0.15, -0.1) is 0 Å². The lowest BCUT2D eigenvalue weighted by Gasteiger charge is -2.15. The van der Waals surface area contributed by atoms with Crippen molar-refractivity contribution in [2.24, 2.45) is 0 Å². The molecule has 0 atom stereocenters. The molecule has 0 saturated carbocycles. The third-order valence-corrected chi connectivity index (χ3v) is 3.28. The lowest BCUT2D eigenvalue weighted by atomic mass is 10.1. The van der Waals surface area contributed by atoms with Crippen molar-refractivity contribution in [3.63, 3.8) is 0 Å². The quantitative estimate of drug-likeness (QED) is 0.778. The summed E-state index contributed by atoms with van der Waals surface area (Å²) in [6.07, 6.45) is 1.96. The fourth-order valence-corrected chi connectivity index (χ4v) is 2.21. The van der Waals surface area contributed by atoms with E-state index >= 15 is 0 Å². The summed E-state index contributed by atoms with van der Waals surface area (Å²) in [6, 6.07) is 4.97. The first-order chi connectivity index (χ1) is 7.65. The lowest BCUT2D eigenvalue weighted by molar-refractivity contribution is -0.114. The van der Waals surface area contributed by atoms with E-state index in [-0.39, 0.29) is 0 Å². The number of halogens is 1. The van der Waals surface area contributed by atoms with Crippen molar-refractivity contribution < 1.29 is 9.59 Å². The second-order valence-electron chi connectivity index (χ2n) is 3.44. The van der Waals surface area contributed by atoms with Gasteiger partial charge in [-0.2, -0.15) is 11.8 Å². The minimum atomic E-state index is -0.460. The highest BCUT2D eigenvalue weighted by Gasteiger charge is 2.35. The Bertz CT molecular complexity index is 461. The van der Waals surface area contributed by atoms with Gasteiger partial charge in [0.05, 0.1) is 11.3 Å². The lowest BCUT2D eigenvalue weighted by Crippen LogP contribution is -2.31. The maximum absolute atomic E-state index is 11.7. The Morgan fingerprint density at radius 3 is 2.81 bits per heavy atom. The van der Waals surface area contributed by atoms with Crippen molar-refractivity contribution in [3.8, 4) is 0 Å². The van der Waals surface area contributed by atoms with Crippen LogP contribution >= 0.6 is 23.4 Å². The topological polar surface area (TPSA) is 37.4 Å². The molecule has 0 bridgehead atoms. The summed E-state index contributed by atoms with van der Waals surface area (Å²) < 4.78 is 0. The van der Waals surface area contributed by atoms with Gasteiger partial charge in [-0.1, -0.05) is 11.6 Å². The van der Waals surface area contributed by atoms with Crippen LogP contribution in [-0.4, -0.2) is 30.2 Å². The number of fused-ring (bicyclic) bond motifs is 1. The fraction of sp³-hybridized carbons (Fsp3) is 0.273. The molecule has 0 fully saturated rings. The summed E-state index contributed by atoms with van der Waals surface area (Å²) in [5.74, 6) is -0.105. The van der Waals surface area contributed by atoms with Gasteiger partial charge in [-0.25, -0.2) is 0 Å². The second-order valence-corrected chi connectivity index (χ2v) is 4.86. The van der Waals surface area contributed by atoms with Crippen LogP contribution in [0, 0.1) is 0 Å². The van der Waals surface area contributed by atoms with Gasteiger partial charge in [0.15, 0.2) is 0 Å². The monoisotopic (exact) mass is 255 g/mol. The van der Waals surface area contributed by atoms with E-state index in [4.69, 9.17) is 11.6 Å². The van der Waals surface area contributed by atoms with E-state index in [1.54, 1.807) is 30.0 Å². The van der Waals surface area contributed by atoms with Gasteiger partial charge in [-0.05, 0) is 24.5 Å². The second kappa shape index (κ2) is 4.47. The normalized spacial score (nSPS) is 14.5. The highest BCUT2D eigenvalue weighted by molar-refractivity contribution is 7.98. The third-order valence-electron chi connectivity index (χ3n) is 2.45. The average Bonchev–Trinajstić information content (AvgIpc) is 2.50. The van der Waals surface area contributed by atoms with Crippen LogP contribution in [0.5, 0.6) is 0 Å². The van der Waals surface area contributed by atoms with Crippen LogP contribution < -0.4 is 4.90 Å². The SMILES string of the molecule is CSCCN1C(=O)C(=O)c2cc(Cl)ccc21. The molecule has 1 aromatic carbocycles. The molecule has 0 N–H and O–H groups in total. The van der Waals surface area contributed by atoms with Gasteiger partial charge < -0.3 is 4.90 Å². The molecule has 1 heterocycles. The Hall–Kier alpha value is -1.00. The number of Topliss-reactive ketones (excluding diaryl/α,β-unsaturated/α-hetero) is 1. The highest BCUT2D eigenvalue weighted by Crippen LogP contribution is 2.31. The molecule has 0 spiro atoms. The Morgan fingerprint density at radius 2 is 2.12 bits per heavy atom. The molecule has 0 saturated heterocycles. The fourth-order valence-electron chi connectivity index (χ4n) is 1.68. The minimum Gasteiger partial charge on any atom is -0.304 e. The van der Waals surface area contributed by atoms with E-state index in [1.807, 2.05) is 6.26 Å². The maximum atomic E-state index is 11.7. The third kappa shape index (κ3) is 1.83. The number of hydrogen-bond donors (Lipinski definition) is 0. The molecule has 1 amide bonds. The standard InChI is InChI=1S/C11H10ClNO2S/c1-16-5-4-13-9-3-2-7(12)6-8(9)10(14)11(13)15/h2-3,6H,4-5H2,1H3. The molecule has 2 rings (SSSR count). The van der Waals surface area contributed by atoms with Gasteiger partial charge >= 0.3 is 0 Å². The molecule has 0 aromatic heterocycles. The largest absolute Gasteiger partial charge is 0.304 e. The molecule has 0 unspecified atom stereocenters. The number of anilines is 1. The molecule has 1 aromatic rings. The van der Waals surface area contributed by atoms with Crippen molar-refractivity contribution in [2.75, 3.05) is 23.5 Å². The van der Waals surface area contributed by atoms with Gasteiger partial charge in [0.25, 0.3) is 11.7 Å². The summed E-state index contributed by atoms with van der Waals surface area (Å²) in [7, 11) is 0. The summed E-state index contributed by atoms with van der Waals surface area (Å²) in [4.78, 5) is 24.9. The van der Waals surface area contributed by atoms with Crippen LogP contribution in [0.4, 0.5) is 5.69 Å². The van der Waals surface area contributed by atoms with E-state index < -0.39 is 11.7 Å². The van der Waals surface area contributed by atoms with Crippen molar-refractivity contribution in [3.05, 3.63) is 28.8 Å². The predicted molar refractivity (Wildman–Crippen MR) is 66.5 cm³/mol. The van der Waals surface area contributed by atoms with Crippen molar-refractivity contribution in [1.29, 1.82) is 0 Å². The van der Waals surface area contributed by atoms with Crippen LogP contribution in [0.15, 0.2) is 18.2 Å². The minimum absolute atomic E-state index is 0.415. The van der Waals surface area contributed by atoms with Crippen LogP contribution in [0.25, 0.3) is 0 Å². The molecule has 1 aliphatic rings. The highest BCUT2D eigenvalue weighted by atomic mass is 35.5. The summed E-state index contributed by atoms with van der Waals surface area (Å²) in [5, 5.41) is 0.478. The van der Waals surface area contributed by atoms with Crippen molar-refractivity contribution in [2.45, 2.75) is 0 Å². The molecular weight excluding hydrogens is 246 g/mol. The van der Waals surface area contributed by atoms with E-state index in [0.29, 0.717) is 22.8 Å². The Balaban J connectivity index is 2.38. The number of nitrogens with zero attached hydrogens (tertiary/aromatic N) is 1. The van der Waals surface area contributed by atoms with Gasteiger partial charge in [-0.3, -0.25) is 9.59 Å². The number of hydrogen-bond acceptors (Lipinski definition) is 3. The Kier molecular flexibility index (Phi) is 3.21. The zero-order valence-corrected chi connectivity index (χ0v) is 10.3. The number of rotatable bonds is 3. The van der Waals surface area contributed by atoms with E-state index in [0.717, 1.165) is 5.75 Å². The first-order valence-electron chi connectivity index (χ1n) is 4.80. The van der Waals surface area contributed by atoms with E-state index in [1.165, 1.54) is 4.90 Å². The first kappa shape index (κ1) is 11.5. The average molecular weight is 256 g/mol. The van der Waals surface area contributed by atoms with Gasteiger partial charge in [0.1, 0.15) is 0 Å². The van der Waals surface area contributed by atoms with E-state index in [2.05, 4.69) is 0 Å². The molecule has 16 heavy (non-hydrogen) atoms. The number of carbonyl (C=O) groups is 2. The molecule has 5 heteroatoms. The molecule has 0 radical (unpaired) electrons. The number of amides is 1. The number of benzene rings is 1. The summed E-state index contributed by atoms with van der Waals surface area (Å²) in [5.41, 5.74) is 1.09.